The van der Waals surface area contributed by atoms with Crippen LogP contribution in [0, 0.1) is 0 Å². The zero-order chi connectivity index (χ0) is 27.2. The molecule has 0 spiro atoms. The number of fused-ring (bicyclic) bond motifs is 1. The van der Waals surface area contributed by atoms with Crippen molar-refractivity contribution in [2.75, 3.05) is 39.3 Å². The third-order valence-electron chi connectivity index (χ3n) is 7.55. The number of aromatic nitrogens is 2. The summed E-state index contributed by atoms with van der Waals surface area (Å²) >= 11 is 0. The van der Waals surface area contributed by atoms with Crippen molar-refractivity contribution in [3.8, 4) is 0 Å². The van der Waals surface area contributed by atoms with Gasteiger partial charge >= 0.3 is 0 Å². The van der Waals surface area contributed by atoms with Crippen molar-refractivity contribution in [3.05, 3.63) is 53.3 Å². The van der Waals surface area contributed by atoms with Crippen molar-refractivity contribution in [1.82, 2.24) is 29.4 Å². The molecular formula is C28H38N6O4. The van der Waals surface area contributed by atoms with E-state index >= 15 is 0 Å². The fourth-order valence-electron chi connectivity index (χ4n) is 5.03. The van der Waals surface area contributed by atoms with Crippen LogP contribution in [0.2, 0.25) is 0 Å². The van der Waals surface area contributed by atoms with Crippen molar-refractivity contribution in [2.24, 2.45) is 0 Å². The van der Waals surface area contributed by atoms with Crippen LogP contribution in [0.15, 0.2) is 36.4 Å². The Morgan fingerprint density at radius 1 is 1.00 bits per heavy atom. The van der Waals surface area contributed by atoms with Gasteiger partial charge in [0.15, 0.2) is 5.69 Å². The molecule has 0 aliphatic carbocycles. The van der Waals surface area contributed by atoms with Gasteiger partial charge in [-0.1, -0.05) is 37.3 Å². The average molecular weight is 523 g/mol. The van der Waals surface area contributed by atoms with E-state index in [0.29, 0.717) is 51.5 Å². The SMILES string of the molecule is CC[C@@H](C)N(CCC(=O)N1CCN(C(C)=O)CC1)C(=O)c1cc2n(n1)CCCN(Cc1ccccc1)C2=O. The number of carbonyl (C=O) groups is 4. The van der Waals surface area contributed by atoms with E-state index in [2.05, 4.69) is 5.10 Å². The number of nitrogens with zero attached hydrogens (tertiary/aromatic N) is 6. The molecule has 1 fully saturated rings. The van der Waals surface area contributed by atoms with E-state index in [0.717, 1.165) is 18.4 Å². The van der Waals surface area contributed by atoms with Crippen LogP contribution in [0.4, 0.5) is 0 Å². The molecule has 1 atom stereocenters. The second kappa shape index (κ2) is 12.2. The number of piperazine rings is 1. The van der Waals surface area contributed by atoms with Gasteiger partial charge in [0.25, 0.3) is 11.8 Å². The van der Waals surface area contributed by atoms with Crippen molar-refractivity contribution in [2.45, 2.75) is 59.2 Å². The van der Waals surface area contributed by atoms with Gasteiger partial charge in [0.05, 0.1) is 0 Å². The number of carbonyl (C=O) groups excluding carboxylic acids is 4. The van der Waals surface area contributed by atoms with Gasteiger partial charge in [-0.3, -0.25) is 23.9 Å². The van der Waals surface area contributed by atoms with E-state index in [9.17, 15) is 19.2 Å². The Morgan fingerprint density at radius 2 is 1.68 bits per heavy atom. The second-order valence-corrected chi connectivity index (χ2v) is 10.1. The number of hydrogen-bond acceptors (Lipinski definition) is 5. The molecule has 3 heterocycles. The Hall–Kier alpha value is -3.69. The molecule has 0 radical (unpaired) electrons. The lowest BCUT2D eigenvalue weighted by Gasteiger charge is -2.35. The van der Waals surface area contributed by atoms with Crippen LogP contribution in [0.25, 0.3) is 0 Å². The highest BCUT2D eigenvalue weighted by atomic mass is 16.2. The Labute approximate surface area is 224 Å². The van der Waals surface area contributed by atoms with E-state index in [1.165, 1.54) is 6.92 Å². The number of benzene rings is 1. The Kier molecular flexibility index (Phi) is 8.81. The number of hydrogen-bond donors (Lipinski definition) is 0. The summed E-state index contributed by atoms with van der Waals surface area (Å²) in [7, 11) is 0. The summed E-state index contributed by atoms with van der Waals surface area (Å²) in [5.41, 5.74) is 1.71. The van der Waals surface area contributed by atoms with E-state index in [1.807, 2.05) is 44.2 Å². The maximum absolute atomic E-state index is 13.6. The molecule has 4 amide bonds. The Bertz CT molecular complexity index is 1160. The van der Waals surface area contributed by atoms with E-state index in [-0.39, 0.29) is 48.3 Å². The molecule has 1 aromatic heterocycles. The second-order valence-electron chi connectivity index (χ2n) is 10.1. The van der Waals surface area contributed by atoms with Gasteiger partial charge in [0.2, 0.25) is 11.8 Å². The fourth-order valence-corrected chi connectivity index (χ4v) is 5.03. The molecule has 4 rings (SSSR count). The first-order valence-electron chi connectivity index (χ1n) is 13.5. The minimum absolute atomic E-state index is 0.0192. The van der Waals surface area contributed by atoms with Gasteiger partial charge in [-0.25, -0.2) is 0 Å². The highest BCUT2D eigenvalue weighted by molar-refractivity contribution is 5.98. The standard InChI is InChI=1S/C28H38N6O4/c1-4-21(2)33(14-11-26(36)31-17-15-30(16-18-31)22(3)35)27(37)24-19-25-28(38)32(12-8-13-34(25)29-24)20-23-9-6-5-7-10-23/h5-7,9-10,19,21H,4,8,11-18,20H2,1-3H3/t21-/m1/s1. The van der Waals surface area contributed by atoms with Gasteiger partial charge in [-0.2, -0.15) is 5.10 Å². The molecule has 204 valence electrons. The predicted octanol–water partition coefficient (Wildman–Crippen LogP) is 2.25. The van der Waals surface area contributed by atoms with Gasteiger partial charge in [0.1, 0.15) is 5.69 Å². The van der Waals surface area contributed by atoms with Gasteiger partial charge in [0, 0.05) is 77.8 Å². The molecule has 0 unspecified atom stereocenters. The van der Waals surface area contributed by atoms with E-state index in [1.54, 1.807) is 30.3 Å². The molecule has 1 saturated heterocycles. The fraction of sp³-hybridized carbons (Fsp3) is 0.536. The predicted molar refractivity (Wildman–Crippen MR) is 142 cm³/mol. The molecular weight excluding hydrogens is 484 g/mol. The molecule has 10 heteroatoms. The van der Waals surface area contributed by atoms with Crippen LogP contribution in [0.5, 0.6) is 0 Å². The smallest absolute Gasteiger partial charge is 0.274 e. The highest BCUT2D eigenvalue weighted by Gasteiger charge is 2.30. The van der Waals surface area contributed by atoms with Gasteiger partial charge in [-0.15, -0.1) is 0 Å². The third-order valence-corrected chi connectivity index (χ3v) is 7.55. The van der Waals surface area contributed by atoms with E-state index < -0.39 is 0 Å². The van der Waals surface area contributed by atoms with Gasteiger partial charge in [-0.05, 0) is 25.3 Å². The summed E-state index contributed by atoms with van der Waals surface area (Å²) in [6.07, 6.45) is 1.68. The lowest BCUT2D eigenvalue weighted by Crippen LogP contribution is -2.50. The largest absolute Gasteiger partial charge is 0.339 e. The molecule has 38 heavy (non-hydrogen) atoms. The monoisotopic (exact) mass is 522 g/mol. The summed E-state index contributed by atoms with van der Waals surface area (Å²) in [5.74, 6) is -0.406. The first kappa shape index (κ1) is 27.3. The first-order valence-corrected chi connectivity index (χ1v) is 13.5. The number of rotatable bonds is 8. The maximum Gasteiger partial charge on any atom is 0.274 e. The number of aryl methyl sites for hydroxylation is 1. The van der Waals surface area contributed by atoms with Crippen molar-refractivity contribution in [1.29, 1.82) is 0 Å². The molecule has 0 saturated carbocycles. The summed E-state index contributed by atoms with van der Waals surface area (Å²) in [6, 6.07) is 11.4. The maximum atomic E-state index is 13.6. The van der Waals surface area contributed by atoms with Crippen molar-refractivity contribution >= 4 is 23.6 Å². The topological polar surface area (TPSA) is 99.1 Å². The molecule has 1 aromatic carbocycles. The summed E-state index contributed by atoms with van der Waals surface area (Å²) in [5, 5.41) is 4.53. The molecule has 0 N–H and O–H groups in total. The number of amides is 4. The normalized spacial score (nSPS) is 16.6. The summed E-state index contributed by atoms with van der Waals surface area (Å²) in [6.45, 7) is 9.55. The Balaban J connectivity index is 1.43. The summed E-state index contributed by atoms with van der Waals surface area (Å²) in [4.78, 5) is 58.4. The minimum atomic E-state index is -0.267. The average Bonchev–Trinajstić information content (AvgIpc) is 3.30. The quantitative estimate of drug-likeness (QED) is 0.530. The van der Waals surface area contributed by atoms with Crippen molar-refractivity contribution < 1.29 is 19.2 Å². The minimum Gasteiger partial charge on any atom is -0.339 e. The molecule has 10 nitrogen and oxygen atoms in total. The molecule has 0 bridgehead atoms. The molecule has 2 aliphatic rings. The van der Waals surface area contributed by atoms with Crippen LogP contribution in [-0.2, 0) is 22.7 Å². The van der Waals surface area contributed by atoms with Crippen LogP contribution in [0.3, 0.4) is 0 Å². The third kappa shape index (κ3) is 6.23. The van der Waals surface area contributed by atoms with Crippen molar-refractivity contribution in [3.63, 3.8) is 0 Å². The van der Waals surface area contributed by atoms with Gasteiger partial charge < -0.3 is 19.6 Å². The lowest BCUT2D eigenvalue weighted by molar-refractivity contribution is -0.138. The highest BCUT2D eigenvalue weighted by Crippen LogP contribution is 2.19. The first-order chi connectivity index (χ1) is 18.3. The lowest BCUT2D eigenvalue weighted by atomic mass is 10.1. The van der Waals surface area contributed by atoms with Crippen LogP contribution >= 0.6 is 0 Å². The molecule has 2 aromatic rings. The van der Waals surface area contributed by atoms with Crippen LogP contribution in [0.1, 0.15) is 66.6 Å². The Morgan fingerprint density at radius 3 is 2.34 bits per heavy atom. The molecule has 2 aliphatic heterocycles. The van der Waals surface area contributed by atoms with E-state index in [4.69, 9.17) is 0 Å². The zero-order valence-electron chi connectivity index (χ0n) is 22.6. The zero-order valence-corrected chi connectivity index (χ0v) is 22.6. The summed E-state index contributed by atoms with van der Waals surface area (Å²) < 4.78 is 1.65. The van der Waals surface area contributed by atoms with Crippen LogP contribution < -0.4 is 0 Å². The van der Waals surface area contributed by atoms with Crippen LogP contribution in [-0.4, -0.2) is 98.3 Å².